The first kappa shape index (κ1) is 21.1. The Morgan fingerprint density at radius 3 is 2.36 bits per heavy atom. The number of hydrogen-bond donors (Lipinski definition) is 2. The summed E-state index contributed by atoms with van der Waals surface area (Å²) in [6.45, 7) is 5.33. The molecule has 0 fully saturated rings. The van der Waals surface area contributed by atoms with Crippen LogP contribution in [0.1, 0.15) is 37.9 Å². The van der Waals surface area contributed by atoms with Gasteiger partial charge in [-0.05, 0) is 38.5 Å². The number of nitrogens with one attached hydrogen (secondary N) is 1. The van der Waals surface area contributed by atoms with Gasteiger partial charge in [0.25, 0.3) is 0 Å². The lowest BCUT2D eigenvalue weighted by atomic mass is 10.1. The van der Waals surface area contributed by atoms with Crippen molar-refractivity contribution in [3.05, 3.63) is 59.7 Å². The highest BCUT2D eigenvalue weighted by Crippen LogP contribution is 2.31. The molecule has 0 radical (unpaired) electrons. The van der Waals surface area contributed by atoms with Crippen molar-refractivity contribution >= 4 is 12.1 Å². The fourth-order valence-electron chi connectivity index (χ4n) is 2.44. The maximum Gasteiger partial charge on any atom is 0.408 e. The summed E-state index contributed by atoms with van der Waals surface area (Å²) in [7, 11) is 1.50. The quantitative estimate of drug-likeness (QED) is 0.748. The molecule has 2 N–H and O–H groups in total. The monoisotopic (exact) mass is 387 g/mol. The summed E-state index contributed by atoms with van der Waals surface area (Å²) >= 11 is 0. The molecule has 0 saturated heterocycles. The molecule has 0 spiro atoms. The van der Waals surface area contributed by atoms with E-state index in [4.69, 9.17) is 14.2 Å². The number of carboxylic acid groups (broad SMARTS) is 1. The number of alkyl carbamates (subject to hydrolysis) is 1. The van der Waals surface area contributed by atoms with Gasteiger partial charge in [-0.15, -0.1) is 0 Å². The summed E-state index contributed by atoms with van der Waals surface area (Å²) in [5.41, 5.74) is 0.456. The third kappa shape index (κ3) is 6.19. The first-order chi connectivity index (χ1) is 13.2. The number of ether oxygens (including phenoxy) is 3. The highest BCUT2D eigenvalue weighted by Gasteiger charge is 2.28. The fourth-order valence-corrected chi connectivity index (χ4v) is 2.44. The molecule has 2 rings (SSSR count). The van der Waals surface area contributed by atoms with Gasteiger partial charge in [0.1, 0.15) is 23.7 Å². The van der Waals surface area contributed by atoms with Gasteiger partial charge in [-0.3, -0.25) is 0 Å². The van der Waals surface area contributed by atoms with Crippen LogP contribution in [0, 0.1) is 0 Å². The molecule has 0 unspecified atom stereocenters. The highest BCUT2D eigenvalue weighted by molar-refractivity contribution is 5.82. The van der Waals surface area contributed by atoms with E-state index in [-0.39, 0.29) is 12.2 Å². The maximum atomic E-state index is 12.1. The number of carbonyl (C=O) groups is 2. The largest absolute Gasteiger partial charge is 0.497 e. The first-order valence-corrected chi connectivity index (χ1v) is 8.76. The van der Waals surface area contributed by atoms with E-state index in [0.717, 1.165) is 5.56 Å². The van der Waals surface area contributed by atoms with Gasteiger partial charge in [0.2, 0.25) is 0 Å². The van der Waals surface area contributed by atoms with Crippen molar-refractivity contribution in [2.45, 2.75) is 39.0 Å². The van der Waals surface area contributed by atoms with Crippen LogP contribution in [0.5, 0.6) is 11.5 Å². The standard InChI is InChI=1S/C21H25NO6/c1-21(2,3)28-20(25)22-18(19(23)24)16-11-10-15(26-4)12-17(16)27-13-14-8-6-5-7-9-14/h5-12,18H,13H2,1-4H3,(H,22,25)(H,23,24)/t18-/m1/s1. The molecule has 0 aliphatic carbocycles. The van der Waals surface area contributed by atoms with E-state index in [0.29, 0.717) is 11.5 Å². The van der Waals surface area contributed by atoms with E-state index in [1.54, 1.807) is 39.0 Å². The van der Waals surface area contributed by atoms with Gasteiger partial charge in [0.05, 0.1) is 7.11 Å². The van der Waals surface area contributed by atoms with Crippen molar-refractivity contribution in [3.8, 4) is 11.5 Å². The van der Waals surface area contributed by atoms with E-state index in [9.17, 15) is 14.7 Å². The van der Waals surface area contributed by atoms with Crippen molar-refractivity contribution in [1.29, 1.82) is 0 Å². The zero-order valence-corrected chi connectivity index (χ0v) is 16.4. The average Bonchev–Trinajstić information content (AvgIpc) is 2.63. The molecule has 0 heterocycles. The summed E-state index contributed by atoms with van der Waals surface area (Å²) < 4.78 is 16.2. The normalized spacial score (nSPS) is 12.0. The Kier molecular flexibility index (Phi) is 6.87. The van der Waals surface area contributed by atoms with Crippen LogP contribution in [0.2, 0.25) is 0 Å². The molecule has 1 amide bonds. The predicted molar refractivity (Wildman–Crippen MR) is 104 cm³/mol. The summed E-state index contributed by atoms with van der Waals surface area (Å²) in [5, 5.41) is 12.0. The number of rotatable bonds is 7. The second-order valence-electron chi connectivity index (χ2n) is 7.10. The predicted octanol–water partition coefficient (Wildman–Crippen LogP) is 3.92. The summed E-state index contributed by atoms with van der Waals surface area (Å²) in [4.78, 5) is 23.9. The zero-order valence-electron chi connectivity index (χ0n) is 16.4. The van der Waals surface area contributed by atoms with Gasteiger partial charge in [0.15, 0.2) is 6.04 Å². The minimum atomic E-state index is -1.34. The molecular weight excluding hydrogens is 362 g/mol. The number of aliphatic carboxylic acids is 1. The summed E-state index contributed by atoms with van der Waals surface area (Å²) in [6.07, 6.45) is -0.829. The molecule has 1 atom stereocenters. The van der Waals surface area contributed by atoms with Gasteiger partial charge in [-0.2, -0.15) is 0 Å². The van der Waals surface area contributed by atoms with E-state index < -0.39 is 23.7 Å². The number of methoxy groups -OCH3 is 1. The Morgan fingerprint density at radius 2 is 1.79 bits per heavy atom. The molecule has 150 valence electrons. The van der Waals surface area contributed by atoms with Crippen molar-refractivity contribution in [1.82, 2.24) is 5.32 Å². The van der Waals surface area contributed by atoms with Crippen molar-refractivity contribution < 1.29 is 28.9 Å². The lowest BCUT2D eigenvalue weighted by Gasteiger charge is -2.23. The Balaban J connectivity index is 2.28. The second kappa shape index (κ2) is 9.12. The number of hydrogen-bond acceptors (Lipinski definition) is 5. The van der Waals surface area contributed by atoms with Gasteiger partial charge >= 0.3 is 12.1 Å². The van der Waals surface area contributed by atoms with Crippen molar-refractivity contribution in [3.63, 3.8) is 0 Å². The summed E-state index contributed by atoms with van der Waals surface area (Å²) in [5.74, 6) is -0.430. The van der Waals surface area contributed by atoms with Crippen LogP contribution >= 0.6 is 0 Å². The van der Waals surface area contributed by atoms with Crippen LogP contribution in [-0.4, -0.2) is 29.9 Å². The smallest absolute Gasteiger partial charge is 0.408 e. The highest BCUT2D eigenvalue weighted by atomic mass is 16.6. The van der Waals surface area contributed by atoms with Crippen molar-refractivity contribution in [2.75, 3.05) is 7.11 Å². The molecule has 7 heteroatoms. The van der Waals surface area contributed by atoms with E-state index in [1.165, 1.54) is 7.11 Å². The van der Waals surface area contributed by atoms with Crippen LogP contribution < -0.4 is 14.8 Å². The van der Waals surface area contributed by atoms with Crippen LogP contribution in [0.3, 0.4) is 0 Å². The lowest BCUT2D eigenvalue weighted by Crippen LogP contribution is -2.38. The van der Waals surface area contributed by atoms with Crippen LogP contribution in [0.4, 0.5) is 4.79 Å². The molecule has 2 aromatic rings. The van der Waals surface area contributed by atoms with Crippen molar-refractivity contribution in [2.24, 2.45) is 0 Å². The van der Waals surface area contributed by atoms with Crippen LogP contribution in [0.25, 0.3) is 0 Å². The topological polar surface area (TPSA) is 94.1 Å². The minimum Gasteiger partial charge on any atom is -0.497 e. The molecule has 28 heavy (non-hydrogen) atoms. The molecular formula is C21H25NO6. The molecule has 0 bridgehead atoms. The molecule has 0 aromatic heterocycles. The Morgan fingerprint density at radius 1 is 1.11 bits per heavy atom. The molecule has 7 nitrogen and oxygen atoms in total. The number of carbonyl (C=O) groups excluding carboxylic acids is 1. The van der Waals surface area contributed by atoms with E-state index in [1.807, 2.05) is 30.3 Å². The van der Waals surface area contributed by atoms with Crippen LogP contribution in [-0.2, 0) is 16.1 Å². The zero-order chi connectivity index (χ0) is 20.7. The van der Waals surface area contributed by atoms with Gasteiger partial charge < -0.3 is 24.6 Å². The second-order valence-corrected chi connectivity index (χ2v) is 7.10. The number of amides is 1. The molecule has 2 aromatic carbocycles. The van der Waals surface area contributed by atoms with E-state index >= 15 is 0 Å². The molecule has 0 saturated carbocycles. The third-order valence-electron chi connectivity index (χ3n) is 3.68. The maximum absolute atomic E-state index is 12.1. The molecule has 0 aliphatic rings. The Bertz CT molecular complexity index is 813. The first-order valence-electron chi connectivity index (χ1n) is 8.76. The SMILES string of the molecule is COc1ccc([C@@H](NC(=O)OC(C)(C)C)C(=O)O)c(OCc2ccccc2)c1. The number of benzene rings is 2. The lowest BCUT2D eigenvalue weighted by molar-refractivity contribution is -0.139. The fraction of sp³-hybridized carbons (Fsp3) is 0.333. The van der Waals surface area contributed by atoms with Gasteiger partial charge in [-0.1, -0.05) is 30.3 Å². The summed E-state index contributed by atoms with van der Waals surface area (Å²) in [6, 6.07) is 12.9. The number of carboxylic acids is 1. The Labute approximate surface area is 164 Å². The van der Waals surface area contributed by atoms with E-state index in [2.05, 4.69) is 5.32 Å². The molecule has 0 aliphatic heterocycles. The van der Waals surface area contributed by atoms with Gasteiger partial charge in [-0.25, -0.2) is 9.59 Å². The minimum absolute atomic E-state index is 0.236. The van der Waals surface area contributed by atoms with Crippen LogP contribution in [0.15, 0.2) is 48.5 Å². The van der Waals surface area contributed by atoms with Gasteiger partial charge in [0, 0.05) is 11.6 Å². The Hall–Kier alpha value is -3.22. The third-order valence-corrected chi connectivity index (χ3v) is 3.68. The average molecular weight is 387 g/mol.